The third kappa shape index (κ3) is 4.67. The first kappa shape index (κ1) is 15.0. The minimum absolute atomic E-state index is 0.345. The molecule has 0 saturated carbocycles. The molecule has 0 fully saturated rings. The molecule has 1 rings (SSSR count). The summed E-state index contributed by atoms with van der Waals surface area (Å²) in [5.74, 6) is 0.895. The van der Waals surface area contributed by atoms with Crippen LogP contribution < -0.4 is 10.6 Å². The van der Waals surface area contributed by atoms with E-state index in [4.69, 9.17) is 0 Å². The fourth-order valence-electron chi connectivity index (χ4n) is 1.39. The van der Waals surface area contributed by atoms with E-state index in [-0.39, 0.29) is 0 Å². The lowest BCUT2D eigenvalue weighted by Gasteiger charge is -2.17. The second-order valence-corrected chi connectivity index (χ2v) is 4.57. The Morgan fingerprint density at radius 2 is 1.94 bits per heavy atom. The van der Waals surface area contributed by atoms with Gasteiger partial charge in [0.05, 0.1) is 6.42 Å². The number of nitrogens with one attached hydrogen (secondary N) is 2. The molecule has 0 amide bonds. The van der Waals surface area contributed by atoms with Crippen molar-refractivity contribution in [2.75, 3.05) is 17.2 Å². The Morgan fingerprint density at radius 3 is 2.50 bits per heavy atom. The normalized spacial score (nSPS) is 13.2. The largest absolute Gasteiger partial charge is 0.391 e. The molecule has 0 aromatic carbocycles. The zero-order valence-corrected chi connectivity index (χ0v) is 11.6. The highest BCUT2D eigenvalue weighted by Crippen LogP contribution is 2.29. The van der Waals surface area contributed by atoms with E-state index < -0.39 is 18.6 Å². The number of aromatic nitrogens is 2. The van der Waals surface area contributed by atoms with Gasteiger partial charge in [-0.05, 0) is 29.8 Å². The molecule has 8 heteroatoms. The molecule has 0 bridgehead atoms. The Balaban J connectivity index is 2.75. The molecule has 0 aliphatic carbocycles. The van der Waals surface area contributed by atoms with E-state index in [1.807, 2.05) is 6.92 Å². The van der Waals surface area contributed by atoms with E-state index >= 15 is 0 Å². The SMILES string of the molecule is CCNc1ncnc(NC(C)CC(F)(F)F)c1Br. The predicted molar refractivity (Wildman–Crippen MR) is 67.7 cm³/mol. The Bertz CT molecular complexity index is 397. The molecule has 102 valence electrons. The van der Waals surface area contributed by atoms with Gasteiger partial charge in [-0.15, -0.1) is 0 Å². The zero-order chi connectivity index (χ0) is 13.8. The fourth-order valence-corrected chi connectivity index (χ4v) is 1.85. The third-order valence-electron chi connectivity index (χ3n) is 2.05. The molecular formula is C10H14BrF3N4. The summed E-state index contributed by atoms with van der Waals surface area (Å²) in [5.41, 5.74) is 0. The van der Waals surface area contributed by atoms with E-state index in [1.54, 1.807) is 0 Å². The minimum Gasteiger partial charge on any atom is -0.369 e. The lowest BCUT2D eigenvalue weighted by Crippen LogP contribution is -2.24. The van der Waals surface area contributed by atoms with E-state index in [9.17, 15) is 13.2 Å². The lowest BCUT2D eigenvalue weighted by atomic mass is 10.2. The smallest absolute Gasteiger partial charge is 0.369 e. The maximum absolute atomic E-state index is 12.2. The summed E-state index contributed by atoms with van der Waals surface area (Å²) in [6.45, 7) is 4.01. The molecule has 2 N–H and O–H groups in total. The van der Waals surface area contributed by atoms with Crippen molar-refractivity contribution in [2.45, 2.75) is 32.5 Å². The summed E-state index contributed by atoms with van der Waals surface area (Å²) >= 11 is 3.26. The lowest BCUT2D eigenvalue weighted by molar-refractivity contribution is -0.136. The van der Waals surface area contributed by atoms with Gasteiger partial charge in [-0.25, -0.2) is 9.97 Å². The van der Waals surface area contributed by atoms with E-state index in [0.29, 0.717) is 22.7 Å². The van der Waals surface area contributed by atoms with Crippen LogP contribution in [0.3, 0.4) is 0 Å². The number of hydrogen-bond donors (Lipinski definition) is 2. The van der Waals surface area contributed by atoms with Crippen LogP contribution in [0, 0.1) is 0 Å². The van der Waals surface area contributed by atoms with Gasteiger partial charge in [0.25, 0.3) is 0 Å². The third-order valence-corrected chi connectivity index (χ3v) is 2.81. The number of anilines is 2. The maximum atomic E-state index is 12.2. The number of alkyl halides is 3. The molecule has 0 spiro atoms. The number of halogens is 4. The van der Waals surface area contributed by atoms with Gasteiger partial charge in [-0.1, -0.05) is 0 Å². The predicted octanol–water partition coefficient (Wildman–Crippen LogP) is 3.42. The van der Waals surface area contributed by atoms with Crippen molar-refractivity contribution in [3.05, 3.63) is 10.8 Å². The molecule has 0 aliphatic heterocycles. The van der Waals surface area contributed by atoms with Crippen LogP contribution in [0.1, 0.15) is 20.3 Å². The maximum Gasteiger partial charge on any atom is 0.391 e. The van der Waals surface area contributed by atoms with Crippen LogP contribution >= 0.6 is 15.9 Å². The summed E-state index contributed by atoms with van der Waals surface area (Å²) in [6, 6.07) is -0.759. The van der Waals surface area contributed by atoms with Crippen LogP contribution in [0.4, 0.5) is 24.8 Å². The van der Waals surface area contributed by atoms with Crippen LogP contribution in [0.15, 0.2) is 10.8 Å². The van der Waals surface area contributed by atoms with Crippen molar-refractivity contribution in [1.29, 1.82) is 0 Å². The number of nitrogens with zero attached hydrogens (tertiary/aromatic N) is 2. The van der Waals surface area contributed by atoms with Crippen LogP contribution in [-0.2, 0) is 0 Å². The van der Waals surface area contributed by atoms with Crippen molar-refractivity contribution in [3.8, 4) is 0 Å². The van der Waals surface area contributed by atoms with Crippen LogP contribution in [0.25, 0.3) is 0 Å². The van der Waals surface area contributed by atoms with Crippen molar-refractivity contribution in [3.63, 3.8) is 0 Å². The second kappa shape index (κ2) is 6.21. The van der Waals surface area contributed by atoms with Crippen molar-refractivity contribution < 1.29 is 13.2 Å². The highest BCUT2D eigenvalue weighted by molar-refractivity contribution is 9.10. The summed E-state index contributed by atoms with van der Waals surface area (Å²) in [7, 11) is 0. The Hall–Kier alpha value is -1.05. The molecule has 4 nitrogen and oxygen atoms in total. The fraction of sp³-hybridized carbons (Fsp3) is 0.600. The molecule has 1 aromatic rings. The topological polar surface area (TPSA) is 49.8 Å². The van der Waals surface area contributed by atoms with Gasteiger partial charge in [0, 0.05) is 12.6 Å². The van der Waals surface area contributed by atoms with E-state index in [2.05, 4.69) is 36.5 Å². The molecule has 1 unspecified atom stereocenters. The van der Waals surface area contributed by atoms with Gasteiger partial charge in [-0.3, -0.25) is 0 Å². The summed E-state index contributed by atoms with van der Waals surface area (Å²) in [4.78, 5) is 7.89. The summed E-state index contributed by atoms with van der Waals surface area (Å²) in [6.07, 6.45) is -3.82. The number of hydrogen-bond acceptors (Lipinski definition) is 4. The monoisotopic (exact) mass is 326 g/mol. The summed E-state index contributed by atoms with van der Waals surface area (Å²) < 4.78 is 37.2. The Kier molecular flexibility index (Phi) is 5.18. The van der Waals surface area contributed by atoms with Gasteiger partial charge < -0.3 is 10.6 Å². The molecule has 1 aromatic heterocycles. The Labute approximate surface area is 112 Å². The average molecular weight is 327 g/mol. The Morgan fingerprint density at radius 1 is 1.33 bits per heavy atom. The van der Waals surface area contributed by atoms with Crippen molar-refractivity contribution >= 4 is 27.6 Å². The minimum atomic E-state index is -4.20. The van der Waals surface area contributed by atoms with Crippen LogP contribution in [-0.4, -0.2) is 28.7 Å². The van der Waals surface area contributed by atoms with E-state index in [0.717, 1.165) is 0 Å². The molecule has 18 heavy (non-hydrogen) atoms. The van der Waals surface area contributed by atoms with Gasteiger partial charge >= 0.3 is 6.18 Å². The molecule has 1 atom stereocenters. The van der Waals surface area contributed by atoms with Crippen LogP contribution in [0.5, 0.6) is 0 Å². The van der Waals surface area contributed by atoms with Gasteiger partial charge in [0.2, 0.25) is 0 Å². The van der Waals surface area contributed by atoms with Crippen molar-refractivity contribution in [2.24, 2.45) is 0 Å². The van der Waals surface area contributed by atoms with Crippen LogP contribution in [0.2, 0.25) is 0 Å². The zero-order valence-electron chi connectivity index (χ0n) is 9.98. The summed E-state index contributed by atoms with van der Waals surface area (Å²) in [5, 5.41) is 5.69. The molecule has 0 saturated heterocycles. The second-order valence-electron chi connectivity index (χ2n) is 3.78. The first-order valence-electron chi connectivity index (χ1n) is 5.41. The highest BCUT2D eigenvalue weighted by Gasteiger charge is 2.30. The average Bonchev–Trinajstić information content (AvgIpc) is 2.21. The first-order valence-corrected chi connectivity index (χ1v) is 6.20. The first-order chi connectivity index (χ1) is 8.33. The molecule has 1 heterocycles. The van der Waals surface area contributed by atoms with E-state index in [1.165, 1.54) is 13.3 Å². The van der Waals surface area contributed by atoms with Gasteiger partial charge in [0.1, 0.15) is 22.4 Å². The van der Waals surface area contributed by atoms with Gasteiger partial charge in [-0.2, -0.15) is 13.2 Å². The molecular weight excluding hydrogens is 313 g/mol. The molecule has 0 aliphatic rings. The number of rotatable bonds is 5. The van der Waals surface area contributed by atoms with Gasteiger partial charge in [0.15, 0.2) is 0 Å². The highest BCUT2D eigenvalue weighted by atomic mass is 79.9. The van der Waals surface area contributed by atoms with Crippen molar-refractivity contribution in [1.82, 2.24) is 9.97 Å². The standard InChI is InChI=1S/C10H14BrF3N4/c1-3-15-8-7(11)9(17-5-16-8)18-6(2)4-10(12,13)14/h5-6H,3-4H2,1-2H3,(H2,15,16,17,18). The molecule has 0 radical (unpaired) electrons. The quantitative estimate of drug-likeness (QED) is 0.870.